The van der Waals surface area contributed by atoms with Crippen LogP contribution in [0.1, 0.15) is 48.9 Å². The predicted molar refractivity (Wildman–Crippen MR) is 106 cm³/mol. The highest BCUT2D eigenvalue weighted by atomic mass is 19.2. The highest BCUT2D eigenvalue weighted by molar-refractivity contribution is 6.00. The van der Waals surface area contributed by atoms with Gasteiger partial charge in [-0.3, -0.25) is 9.59 Å². The molecule has 0 aliphatic heterocycles. The minimum atomic E-state index is -1.33. The first-order chi connectivity index (χ1) is 13.9. The predicted octanol–water partition coefficient (Wildman–Crippen LogP) is 4.37. The maximum atomic E-state index is 14.8. The summed E-state index contributed by atoms with van der Waals surface area (Å²) in [6.07, 6.45) is 4.29. The Morgan fingerprint density at radius 2 is 1.66 bits per heavy atom. The Labute approximate surface area is 167 Å². The van der Waals surface area contributed by atoms with Gasteiger partial charge in [-0.25, -0.2) is 8.78 Å². The van der Waals surface area contributed by atoms with Crippen molar-refractivity contribution in [3.63, 3.8) is 0 Å². The summed E-state index contributed by atoms with van der Waals surface area (Å²) >= 11 is 0. The molecule has 0 bridgehead atoms. The summed E-state index contributed by atoms with van der Waals surface area (Å²) in [6, 6.07) is 8.92. The van der Waals surface area contributed by atoms with Crippen LogP contribution in [0.15, 0.2) is 36.4 Å². The topological polar surface area (TPSA) is 92.4 Å². The van der Waals surface area contributed by atoms with Crippen molar-refractivity contribution in [3.8, 4) is 11.1 Å². The second-order valence-corrected chi connectivity index (χ2v) is 7.40. The zero-order chi connectivity index (χ0) is 21.0. The van der Waals surface area contributed by atoms with Crippen LogP contribution >= 0.6 is 0 Å². The third-order valence-electron chi connectivity index (χ3n) is 5.45. The molecule has 1 amide bonds. The molecule has 154 valence electrons. The van der Waals surface area contributed by atoms with Gasteiger partial charge in [0.25, 0.3) is 5.91 Å². The van der Waals surface area contributed by atoms with Crippen LogP contribution in [0.25, 0.3) is 11.1 Å². The molecule has 5 nitrogen and oxygen atoms in total. The molecule has 1 aliphatic carbocycles. The fourth-order valence-corrected chi connectivity index (χ4v) is 3.90. The number of amides is 1. The Hall–Kier alpha value is -2.96. The summed E-state index contributed by atoms with van der Waals surface area (Å²) in [5, 5.41) is 12.1. The number of aliphatic carboxylic acids is 1. The third kappa shape index (κ3) is 4.55. The number of rotatable bonds is 4. The standard InChI is InChI=1S/C22H24F2N2O3/c23-19-15(13-8-4-3-5-9-13)12-16(25)18(20(19)24)21(27)26-17-11-7-2-1-6-10-14(17)22(28)29/h3-5,8-9,12,14,17H,1-2,6-7,10-11,25H2,(H,26,27)(H,28,29). The van der Waals surface area contributed by atoms with E-state index in [1.165, 1.54) is 6.07 Å². The summed E-state index contributed by atoms with van der Waals surface area (Å²) in [5.41, 5.74) is 5.52. The van der Waals surface area contributed by atoms with Crippen molar-refractivity contribution in [2.45, 2.75) is 44.6 Å². The third-order valence-corrected chi connectivity index (χ3v) is 5.45. The fraction of sp³-hybridized carbons (Fsp3) is 0.364. The van der Waals surface area contributed by atoms with Crippen LogP contribution < -0.4 is 11.1 Å². The van der Waals surface area contributed by atoms with E-state index in [9.17, 15) is 23.5 Å². The first-order valence-electron chi connectivity index (χ1n) is 9.76. The van der Waals surface area contributed by atoms with Crippen molar-refractivity contribution in [1.82, 2.24) is 5.32 Å². The van der Waals surface area contributed by atoms with E-state index in [4.69, 9.17) is 5.73 Å². The molecule has 1 aliphatic rings. The summed E-state index contributed by atoms with van der Waals surface area (Å²) < 4.78 is 29.5. The number of carboxylic acids is 1. The van der Waals surface area contributed by atoms with Crippen LogP contribution in [0, 0.1) is 17.6 Å². The molecular formula is C22H24F2N2O3. The lowest BCUT2D eigenvalue weighted by Crippen LogP contribution is -2.44. The Morgan fingerprint density at radius 3 is 2.31 bits per heavy atom. The number of hydrogen-bond acceptors (Lipinski definition) is 3. The number of benzene rings is 2. The average Bonchev–Trinajstić information content (AvgIpc) is 2.67. The van der Waals surface area contributed by atoms with E-state index in [1.807, 2.05) is 0 Å². The molecule has 7 heteroatoms. The van der Waals surface area contributed by atoms with Crippen molar-refractivity contribution < 1.29 is 23.5 Å². The molecule has 0 heterocycles. The Kier molecular flexibility index (Phi) is 6.46. The van der Waals surface area contributed by atoms with Gasteiger partial charge in [0.15, 0.2) is 11.6 Å². The van der Waals surface area contributed by atoms with E-state index in [-0.39, 0.29) is 11.3 Å². The number of nitrogen functional groups attached to an aromatic ring is 1. The van der Waals surface area contributed by atoms with Gasteiger partial charge in [-0.2, -0.15) is 0 Å². The maximum absolute atomic E-state index is 14.8. The molecule has 0 radical (unpaired) electrons. The number of carboxylic acid groups (broad SMARTS) is 1. The molecule has 29 heavy (non-hydrogen) atoms. The van der Waals surface area contributed by atoms with E-state index < -0.39 is 41.0 Å². The average molecular weight is 402 g/mol. The van der Waals surface area contributed by atoms with E-state index in [0.29, 0.717) is 18.4 Å². The molecule has 0 spiro atoms. The van der Waals surface area contributed by atoms with Crippen molar-refractivity contribution in [2.24, 2.45) is 5.92 Å². The van der Waals surface area contributed by atoms with Crippen molar-refractivity contribution in [1.29, 1.82) is 0 Å². The number of halogens is 2. The van der Waals surface area contributed by atoms with Crippen LogP contribution in [0.4, 0.5) is 14.5 Å². The number of carbonyl (C=O) groups is 2. The van der Waals surface area contributed by atoms with Crippen LogP contribution in [-0.2, 0) is 4.79 Å². The molecule has 1 saturated carbocycles. The van der Waals surface area contributed by atoms with Gasteiger partial charge in [0.2, 0.25) is 0 Å². The first kappa shape index (κ1) is 20.8. The molecule has 2 aromatic carbocycles. The van der Waals surface area contributed by atoms with Crippen LogP contribution in [-0.4, -0.2) is 23.0 Å². The van der Waals surface area contributed by atoms with Gasteiger partial charge in [-0.05, 0) is 24.5 Å². The molecule has 1 fully saturated rings. The number of hydrogen-bond donors (Lipinski definition) is 3. The van der Waals surface area contributed by atoms with Gasteiger partial charge in [0.05, 0.1) is 5.92 Å². The summed E-state index contributed by atoms with van der Waals surface area (Å²) in [6.45, 7) is 0. The zero-order valence-corrected chi connectivity index (χ0v) is 16.0. The lowest BCUT2D eigenvalue weighted by atomic mass is 9.86. The molecule has 0 saturated heterocycles. The van der Waals surface area contributed by atoms with Gasteiger partial charge in [-0.15, -0.1) is 0 Å². The molecule has 0 aromatic heterocycles. The van der Waals surface area contributed by atoms with E-state index in [1.54, 1.807) is 30.3 Å². The number of anilines is 1. The molecule has 2 aromatic rings. The SMILES string of the molecule is Nc1cc(-c2ccccc2)c(F)c(F)c1C(=O)NC1CCCCCCC1C(=O)O. The van der Waals surface area contributed by atoms with Crippen molar-refractivity contribution in [3.05, 3.63) is 53.6 Å². The van der Waals surface area contributed by atoms with E-state index in [0.717, 1.165) is 25.7 Å². The van der Waals surface area contributed by atoms with Crippen LogP contribution in [0.2, 0.25) is 0 Å². The largest absolute Gasteiger partial charge is 0.481 e. The van der Waals surface area contributed by atoms with Gasteiger partial charge < -0.3 is 16.2 Å². The van der Waals surface area contributed by atoms with Gasteiger partial charge in [0, 0.05) is 17.3 Å². The van der Waals surface area contributed by atoms with Gasteiger partial charge in [-0.1, -0.05) is 56.0 Å². The molecule has 2 unspecified atom stereocenters. The lowest BCUT2D eigenvalue weighted by Gasteiger charge is -2.27. The van der Waals surface area contributed by atoms with Crippen LogP contribution in [0.5, 0.6) is 0 Å². The van der Waals surface area contributed by atoms with Gasteiger partial charge in [0.1, 0.15) is 5.56 Å². The summed E-state index contributed by atoms with van der Waals surface area (Å²) in [4.78, 5) is 24.4. The van der Waals surface area contributed by atoms with Crippen molar-refractivity contribution >= 4 is 17.6 Å². The highest BCUT2D eigenvalue weighted by Gasteiger charge is 2.32. The highest BCUT2D eigenvalue weighted by Crippen LogP contribution is 2.31. The minimum Gasteiger partial charge on any atom is -0.481 e. The van der Waals surface area contributed by atoms with Gasteiger partial charge >= 0.3 is 5.97 Å². The van der Waals surface area contributed by atoms with E-state index in [2.05, 4.69) is 5.32 Å². The number of nitrogens with two attached hydrogens (primary N) is 1. The smallest absolute Gasteiger partial charge is 0.308 e. The zero-order valence-electron chi connectivity index (χ0n) is 16.0. The number of nitrogens with one attached hydrogen (secondary N) is 1. The summed E-state index contributed by atoms with van der Waals surface area (Å²) in [5.74, 6) is -5.16. The Bertz CT molecular complexity index is 903. The fourth-order valence-electron chi connectivity index (χ4n) is 3.90. The molecule has 4 N–H and O–H groups in total. The monoisotopic (exact) mass is 402 g/mol. The summed E-state index contributed by atoms with van der Waals surface area (Å²) in [7, 11) is 0. The first-order valence-corrected chi connectivity index (χ1v) is 9.76. The maximum Gasteiger partial charge on any atom is 0.308 e. The van der Waals surface area contributed by atoms with Crippen molar-refractivity contribution in [2.75, 3.05) is 5.73 Å². The molecule has 3 rings (SSSR count). The Morgan fingerprint density at radius 1 is 1.00 bits per heavy atom. The normalized spacial score (nSPS) is 19.8. The van der Waals surface area contributed by atoms with E-state index >= 15 is 0 Å². The molecule has 2 atom stereocenters. The second-order valence-electron chi connectivity index (χ2n) is 7.40. The Balaban J connectivity index is 1.90. The quantitative estimate of drug-likeness (QED) is 0.662. The second kappa shape index (κ2) is 9.03. The lowest BCUT2D eigenvalue weighted by molar-refractivity contribution is -0.143. The minimum absolute atomic E-state index is 0.0356. The number of carbonyl (C=O) groups excluding carboxylic acids is 1. The molecular weight excluding hydrogens is 378 g/mol. The van der Waals surface area contributed by atoms with Crippen LogP contribution in [0.3, 0.4) is 0 Å².